The second-order valence-electron chi connectivity index (χ2n) is 0. The van der Waals surface area contributed by atoms with E-state index in [0.29, 0.717) is 0 Å². The molecule has 0 aliphatic rings. The first-order chi connectivity index (χ1) is 0. The Morgan fingerprint density at radius 1 is 0.750 bits per heavy atom. The SMILES string of the molecule is [In+3].[Li+].[O-2].[O-2]. The molecule has 0 aliphatic carbocycles. The largest absolute Gasteiger partial charge is 3.00 e. The molecule has 0 radical (unpaired) electrons. The van der Waals surface area contributed by atoms with Crippen molar-refractivity contribution < 1.29 is 29.8 Å². The minimum atomic E-state index is 0. The predicted molar refractivity (Wildman–Crippen MR) is 7.13 cm³/mol. The van der Waals surface area contributed by atoms with Crippen molar-refractivity contribution in [1.29, 1.82) is 0 Å². The van der Waals surface area contributed by atoms with E-state index in [1.807, 2.05) is 0 Å². The summed E-state index contributed by atoms with van der Waals surface area (Å²) in [6.45, 7) is 0. The van der Waals surface area contributed by atoms with Crippen LogP contribution in [-0.2, 0) is 11.0 Å². The summed E-state index contributed by atoms with van der Waals surface area (Å²) in [5, 5.41) is 0. The summed E-state index contributed by atoms with van der Waals surface area (Å²) >= 11 is 0. The summed E-state index contributed by atoms with van der Waals surface area (Å²) in [7, 11) is 0. The fourth-order valence-electron chi connectivity index (χ4n) is 0. The summed E-state index contributed by atoms with van der Waals surface area (Å²) in [6.07, 6.45) is 0. The third kappa shape index (κ3) is 10.0. The van der Waals surface area contributed by atoms with Crippen LogP contribution in [0.4, 0.5) is 0 Å². The van der Waals surface area contributed by atoms with E-state index in [2.05, 4.69) is 0 Å². The van der Waals surface area contributed by atoms with E-state index in [4.69, 9.17) is 0 Å². The summed E-state index contributed by atoms with van der Waals surface area (Å²) < 4.78 is 0. The summed E-state index contributed by atoms with van der Waals surface area (Å²) in [5.41, 5.74) is 0. The van der Waals surface area contributed by atoms with Crippen molar-refractivity contribution in [2.45, 2.75) is 0 Å². The van der Waals surface area contributed by atoms with Crippen molar-refractivity contribution in [1.82, 2.24) is 0 Å². The molecule has 0 spiro atoms. The van der Waals surface area contributed by atoms with Gasteiger partial charge in [0.2, 0.25) is 0 Å². The van der Waals surface area contributed by atoms with Gasteiger partial charge in [-0.1, -0.05) is 0 Å². The van der Waals surface area contributed by atoms with Gasteiger partial charge in [-0.25, -0.2) is 0 Å². The molecule has 0 saturated heterocycles. The quantitative estimate of drug-likeness (QED) is 0.323. The molecule has 0 rings (SSSR count). The van der Waals surface area contributed by atoms with Crippen LogP contribution in [-0.4, -0.2) is 25.8 Å². The Morgan fingerprint density at radius 2 is 0.750 bits per heavy atom. The second kappa shape index (κ2) is 26.2. The maximum atomic E-state index is 0. The Kier molecular flexibility index (Phi) is 352. The standard InChI is InChI=1S/In.Li.2O/q+3;+1;2*-2. The van der Waals surface area contributed by atoms with Crippen LogP contribution in [0.15, 0.2) is 0 Å². The molecule has 0 N–H and O–H groups in total. The van der Waals surface area contributed by atoms with Crippen molar-refractivity contribution in [3.63, 3.8) is 0 Å². The molecule has 0 fully saturated rings. The molecule has 0 atom stereocenters. The third-order valence-corrected chi connectivity index (χ3v) is 0. The van der Waals surface area contributed by atoms with Gasteiger partial charge >= 0.3 is 44.7 Å². The topological polar surface area (TPSA) is 57.0 Å². The molecule has 16 valence electrons. The van der Waals surface area contributed by atoms with Crippen LogP contribution in [0.3, 0.4) is 0 Å². The van der Waals surface area contributed by atoms with Gasteiger partial charge in [0, 0.05) is 0 Å². The second-order valence-corrected chi connectivity index (χ2v) is 0. The first-order valence-electron chi connectivity index (χ1n) is 0. The zero-order valence-electron chi connectivity index (χ0n) is 2.39. The van der Waals surface area contributed by atoms with Crippen LogP contribution in [0.1, 0.15) is 0 Å². The molecule has 0 heterocycles. The van der Waals surface area contributed by atoms with Gasteiger partial charge in [0.05, 0.1) is 0 Å². The minimum absolute atomic E-state index is 0. The van der Waals surface area contributed by atoms with Crippen LogP contribution in [0.25, 0.3) is 0 Å². The van der Waals surface area contributed by atoms with Crippen molar-refractivity contribution in [3.8, 4) is 0 Å². The van der Waals surface area contributed by atoms with Gasteiger partial charge in [-0.3, -0.25) is 0 Å². The minimum Gasteiger partial charge on any atom is -2.00 e. The molecular weight excluding hydrogens is 154 g/mol. The molecular formula is InLiO2. The molecule has 0 saturated carbocycles. The number of hydrogen-bond donors (Lipinski definition) is 0. The Labute approximate surface area is 55.5 Å². The molecule has 0 aromatic carbocycles. The molecule has 0 aromatic heterocycles. The summed E-state index contributed by atoms with van der Waals surface area (Å²) in [4.78, 5) is 0. The molecule has 0 bridgehead atoms. The maximum absolute atomic E-state index is 0. The average Bonchev–Trinajstić information content (AvgIpc) is 0. The molecule has 4 heteroatoms. The fourth-order valence-corrected chi connectivity index (χ4v) is 0. The van der Waals surface area contributed by atoms with Crippen molar-refractivity contribution in [2.75, 3.05) is 0 Å². The van der Waals surface area contributed by atoms with E-state index in [0.717, 1.165) is 0 Å². The van der Waals surface area contributed by atoms with Crippen LogP contribution < -0.4 is 18.9 Å². The van der Waals surface area contributed by atoms with Crippen LogP contribution in [0, 0.1) is 0 Å². The Balaban J connectivity index is 0. The van der Waals surface area contributed by atoms with E-state index in [1.165, 1.54) is 0 Å². The monoisotopic (exact) mass is 154 g/mol. The van der Waals surface area contributed by atoms with Crippen molar-refractivity contribution >= 4 is 25.8 Å². The van der Waals surface area contributed by atoms with Gasteiger partial charge in [-0.2, -0.15) is 0 Å². The third-order valence-electron chi connectivity index (χ3n) is 0. The van der Waals surface area contributed by atoms with Crippen molar-refractivity contribution in [3.05, 3.63) is 0 Å². The van der Waals surface area contributed by atoms with E-state index in [1.54, 1.807) is 0 Å². The molecule has 0 unspecified atom stereocenters. The van der Waals surface area contributed by atoms with E-state index in [9.17, 15) is 0 Å². The van der Waals surface area contributed by atoms with E-state index in [-0.39, 0.29) is 55.7 Å². The van der Waals surface area contributed by atoms with Gasteiger partial charge < -0.3 is 11.0 Å². The van der Waals surface area contributed by atoms with Crippen LogP contribution in [0.5, 0.6) is 0 Å². The maximum Gasteiger partial charge on any atom is 3.00 e. The van der Waals surface area contributed by atoms with E-state index < -0.39 is 0 Å². The van der Waals surface area contributed by atoms with Crippen LogP contribution >= 0.6 is 0 Å². The molecule has 2 nitrogen and oxygen atoms in total. The zero-order valence-corrected chi connectivity index (χ0v) is 5.69. The molecule has 4 heavy (non-hydrogen) atoms. The first kappa shape index (κ1) is 53.9. The fraction of sp³-hybridized carbons (Fsp3) is 0. The predicted octanol–water partition coefficient (Wildman–Crippen LogP) is -3.61. The van der Waals surface area contributed by atoms with E-state index >= 15 is 0 Å². The molecule has 0 aromatic rings. The van der Waals surface area contributed by atoms with Gasteiger partial charge in [0.1, 0.15) is 0 Å². The smallest absolute Gasteiger partial charge is 2.00 e. The van der Waals surface area contributed by atoms with Gasteiger partial charge in [-0.15, -0.1) is 0 Å². The summed E-state index contributed by atoms with van der Waals surface area (Å²) in [6, 6.07) is 0. The van der Waals surface area contributed by atoms with Gasteiger partial charge in [-0.05, 0) is 0 Å². The van der Waals surface area contributed by atoms with Gasteiger partial charge in [0.15, 0.2) is 0 Å². The van der Waals surface area contributed by atoms with Crippen molar-refractivity contribution in [2.24, 2.45) is 0 Å². The van der Waals surface area contributed by atoms with Crippen LogP contribution in [0.2, 0.25) is 0 Å². The Hall–Kier alpha value is 1.39. The molecule has 0 amide bonds. The first-order valence-corrected chi connectivity index (χ1v) is 0. The normalized spacial score (nSPS) is 0. The zero-order chi connectivity index (χ0) is 0. The van der Waals surface area contributed by atoms with Gasteiger partial charge in [0.25, 0.3) is 0 Å². The molecule has 0 aliphatic heterocycles. The summed E-state index contributed by atoms with van der Waals surface area (Å²) in [5.74, 6) is 0. The Bertz CT molecular complexity index is 6.00. The Morgan fingerprint density at radius 3 is 0.750 bits per heavy atom. The number of hydrogen-bond acceptors (Lipinski definition) is 0. The average molecular weight is 154 g/mol. The number of rotatable bonds is 0.